The Morgan fingerprint density at radius 3 is 2.50 bits per heavy atom. The fraction of sp³-hybridized carbons (Fsp3) is 0.429. The van der Waals surface area contributed by atoms with Gasteiger partial charge in [0.2, 0.25) is 0 Å². The second kappa shape index (κ2) is 4.44. The van der Waals surface area contributed by atoms with Gasteiger partial charge < -0.3 is 9.67 Å². The normalized spacial score (nSPS) is 12.9. The van der Waals surface area contributed by atoms with E-state index < -0.39 is 12.0 Å². The van der Waals surface area contributed by atoms with E-state index in [0.29, 0.717) is 6.42 Å². The molecule has 0 fully saturated rings. The van der Waals surface area contributed by atoms with Gasteiger partial charge >= 0.3 is 5.97 Å². The van der Waals surface area contributed by atoms with Crippen LogP contribution < -0.4 is 0 Å². The van der Waals surface area contributed by atoms with Crippen molar-refractivity contribution in [2.75, 3.05) is 0 Å². The molecule has 1 unspecified atom stereocenters. The molecule has 0 saturated heterocycles. The van der Waals surface area contributed by atoms with Crippen molar-refractivity contribution in [1.29, 1.82) is 0 Å². The summed E-state index contributed by atoms with van der Waals surface area (Å²) in [5.41, 5.74) is 4.11. The minimum absolute atomic E-state index is 0.544. The first kappa shape index (κ1) is 12.6. The van der Waals surface area contributed by atoms with Gasteiger partial charge in [0.1, 0.15) is 11.9 Å². The summed E-state index contributed by atoms with van der Waals surface area (Å²) >= 11 is 0. The second-order valence-electron chi connectivity index (χ2n) is 4.72. The topological polar surface area (TPSA) is 55.1 Å². The lowest BCUT2D eigenvalue weighted by Crippen LogP contribution is -2.19. The standard InChI is InChI=1S/C14H18N2O2/c1-5-12(14(17)18)16-10(4)15-11-6-8(2)9(3)7-13(11)16/h6-7,12H,5H2,1-4H3,(H,17,18). The number of hydrogen-bond donors (Lipinski definition) is 1. The monoisotopic (exact) mass is 246 g/mol. The number of carboxylic acid groups (broad SMARTS) is 1. The van der Waals surface area contributed by atoms with Gasteiger partial charge in [0, 0.05) is 0 Å². The van der Waals surface area contributed by atoms with E-state index in [-0.39, 0.29) is 0 Å². The lowest BCUT2D eigenvalue weighted by Gasteiger charge is -2.15. The largest absolute Gasteiger partial charge is 0.480 e. The molecule has 0 amide bonds. The van der Waals surface area contributed by atoms with E-state index in [1.54, 1.807) is 0 Å². The van der Waals surface area contributed by atoms with Gasteiger partial charge in [0.05, 0.1) is 11.0 Å². The smallest absolute Gasteiger partial charge is 0.326 e. The van der Waals surface area contributed by atoms with Crippen LogP contribution in [0.5, 0.6) is 0 Å². The van der Waals surface area contributed by atoms with Crippen molar-refractivity contribution in [3.05, 3.63) is 29.1 Å². The zero-order valence-electron chi connectivity index (χ0n) is 11.2. The highest BCUT2D eigenvalue weighted by Crippen LogP contribution is 2.25. The van der Waals surface area contributed by atoms with Gasteiger partial charge in [-0.15, -0.1) is 0 Å². The molecule has 0 bridgehead atoms. The number of carboxylic acids is 1. The summed E-state index contributed by atoms with van der Waals surface area (Å²) in [4.78, 5) is 15.8. The van der Waals surface area contributed by atoms with Crippen LogP contribution in [0.4, 0.5) is 0 Å². The van der Waals surface area contributed by atoms with Crippen molar-refractivity contribution in [2.24, 2.45) is 0 Å². The lowest BCUT2D eigenvalue weighted by molar-refractivity contribution is -0.140. The van der Waals surface area contributed by atoms with E-state index in [9.17, 15) is 9.90 Å². The molecule has 1 aromatic heterocycles. The Labute approximate surface area is 106 Å². The van der Waals surface area contributed by atoms with Crippen molar-refractivity contribution in [1.82, 2.24) is 9.55 Å². The maximum atomic E-state index is 11.3. The molecule has 0 aliphatic carbocycles. The molecular weight excluding hydrogens is 228 g/mol. The highest BCUT2D eigenvalue weighted by Gasteiger charge is 2.22. The first-order valence-electron chi connectivity index (χ1n) is 6.14. The number of hydrogen-bond acceptors (Lipinski definition) is 2. The lowest BCUT2D eigenvalue weighted by atomic mass is 10.1. The third-order valence-corrected chi connectivity index (χ3v) is 3.46. The van der Waals surface area contributed by atoms with Crippen molar-refractivity contribution >= 4 is 17.0 Å². The second-order valence-corrected chi connectivity index (χ2v) is 4.72. The molecule has 2 rings (SSSR count). The molecule has 0 aliphatic rings. The summed E-state index contributed by atoms with van der Waals surface area (Å²) in [7, 11) is 0. The fourth-order valence-corrected chi connectivity index (χ4v) is 2.33. The molecule has 96 valence electrons. The molecular formula is C14H18N2O2. The third kappa shape index (κ3) is 1.88. The molecule has 2 aromatic rings. The van der Waals surface area contributed by atoms with E-state index in [2.05, 4.69) is 4.98 Å². The Morgan fingerprint density at radius 2 is 1.94 bits per heavy atom. The van der Waals surface area contributed by atoms with E-state index >= 15 is 0 Å². The van der Waals surface area contributed by atoms with Crippen LogP contribution in [0.15, 0.2) is 12.1 Å². The molecule has 4 heteroatoms. The zero-order valence-corrected chi connectivity index (χ0v) is 11.2. The van der Waals surface area contributed by atoms with Gasteiger partial charge in [0.25, 0.3) is 0 Å². The van der Waals surface area contributed by atoms with Gasteiger partial charge in [-0.25, -0.2) is 9.78 Å². The quantitative estimate of drug-likeness (QED) is 0.905. The summed E-state index contributed by atoms with van der Waals surface area (Å²) in [5, 5.41) is 9.30. The summed E-state index contributed by atoms with van der Waals surface area (Å²) in [5.74, 6) is -0.0534. The maximum Gasteiger partial charge on any atom is 0.326 e. The molecule has 1 atom stereocenters. The number of fused-ring (bicyclic) bond motifs is 1. The number of aliphatic carboxylic acids is 1. The van der Waals surface area contributed by atoms with E-state index in [0.717, 1.165) is 22.4 Å². The van der Waals surface area contributed by atoms with Crippen LogP contribution in [0, 0.1) is 20.8 Å². The fourth-order valence-electron chi connectivity index (χ4n) is 2.33. The highest BCUT2D eigenvalue weighted by molar-refractivity contribution is 5.81. The molecule has 18 heavy (non-hydrogen) atoms. The van der Waals surface area contributed by atoms with Crippen molar-refractivity contribution in [3.8, 4) is 0 Å². The minimum Gasteiger partial charge on any atom is -0.480 e. The number of rotatable bonds is 3. The Balaban J connectivity index is 2.73. The van der Waals surface area contributed by atoms with E-state index in [4.69, 9.17) is 0 Å². The van der Waals surface area contributed by atoms with Crippen LogP contribution >= 0.6 is 0 Å². The number of nitrogens with zero attached hydrogens (tertiary/aromatic N) is 2. The first-order chi connectivity index (χ1) is 8.45. The van der Waals surface area contributed by atoms with Gasteiger partial charge in [-0.1, -0.05) is 6.92 Å². The van der Waals surface area contributed by atoms with Crippen LogP contribution in [-0.4, -0.2) is 20.6 Å². The molecule has 0 radical (unpaired) electrons. The molecule has 0 spiro atoms. The number of aryl methyl sites for hydroxylation is 3. The molecule has 0 saturated carbocycles. The summed E-state index contributed by atoms with van der Waals surface area (Å²) in [6.45, 7) is 7.81. The molecule has 1 N–H and O–H groups in total. The number of aromatic nitrogens is 2. The van der Waals surface area contributed by atoms with Gasteiger partial charge in [-0.3, -0.25) is 0 Å². The number of benzene rings is 1. The SMILES string of the molecule is CCC(C(=O)O)n1c(C)nc2cc(C)c(C)cc21. The average molecular weight is 246 g/mol. The summed E-state index contributed by atoms with van der Waals surface area (Å²) < 4.78 is 1.82. The van der Waals surface area contributed by atoms with Gasteiger partial charge in [-0.05, 0) is 50.5 Å². The van der Waals surface area contributed by atoms with Crippen LogP contribution in [0.2, 0.25) is 0 Å². The predicted octanol–water partition coefficient (Wildman–Crippen LogP) is 3.00. The Kier molecular flexibility index (Phi) is 3.11. The maximum absolute atomic E-state index is 11.3. The first-order valence-corrected chi connectivity index (χ1v) is 6.14. The Morgan fingerprint density at radius 1 is 1.33 bits per heavy atom. The third-order valence-electron chi connectivity index (χ3n) is 3.46. The molecule has 1 aromatic carbocycles. The van der Waals surface area contributed by atoms with Crippen LogP contribution in [0.3, 0.4) is 0 Å². The molecule has 0 aliphatic heterocycles. The van der Waals surface area contributed by atoms with Gasteiger partial charge in [-0.2, -0.15) is 0 Å². The van der Waals surface area contributed by atoms with Crippen molar-refractivity contribution in [2.45, 2.75) is 40.2 Å². The predicted molar refractivity (Wildman–Crippen MR) is 70.9 cm³/mol. The zero-order chi connectivity index (χ0) is 13.4. The molecule has 1 heterocycles. The van der Waals surface area contributed by atoms with Crippen LogP contribution in [0.25, 0.3) is 11.0 Å². The average Bonchev–Trinajstić information content (AvgIpc) is 2.57. The van der Waals surface area contributed by atoms with Crippen LogP contribution in [0.1, 0.15) is 36.3 Å². The Hall–Kier alpha value is -1.84. The van der Waals surface area contributed by atoms with Crippen molar-refractivity contribution < 1.29 is 9.90 Å². The number of imidazole rings is 1. The number of carbonyl (C=O) groups is 1. The van der Waals surface area contributed by atoms with E-state index in [1.807, 2.05) is 44.4 Å². The summed E-state index contributed by atoms with van der Waals surface area (Å²) in [6.07, 6.45) is 0.550. The Bertz CT molecular complexity index is 614. The summed E-state index contributed by atoms with van der Waals surface area (Å²) in [6, 6.07) is 3.50. The van der Waals surface area contributed by atoms with E-state index in [1.165, 1.54) is 5.56 Å². The minimum atomic E-state index is -0.807. The van der Waals surface area contributed by atoms with Gasteiger partial charge in [0.15, 0.2) is 0 Å². The van der Waals surface area contributed by atoms with Crippen LogP contribution in [-0.2, 0) is 4.79 Å². The molecule has 4 nitrogen and oxygen atoms in total. The van der Waals surface area contributed by atoms with Crippen molar-refractivity contribution in [3.63, 3.8) is 0 Å². The highest BCUT2D eigenvalue weighted by atomic mass is 16.4.